The molecule has 8 heteroatoms. The number of rotatable bonds is 5. The minimum Gasteiger partial charge on any atom is -0.459 e. The lowest BCUT2D eigenvalue weighted by Crippen LogP contribution is -1.82. The second-order valence-corrected chi connectivity index (χ2v) is 5.54. The summed E-state index contributed by atoms with van der Waals surface area (Å²) in [6, 6.07) is 13.4. The number of nitrogens with one attached hydrogen (secondary N) is 1. The molecule has 4 rings (SSSR count). The largest absolute Gasteiger partial charge is 0.459 e. The van der Waals surface area contributed by atoms with E-state index in [2.05, 4.69) is 25.4 Å². The SMILES string of the molecule is c1ccc(-c2nc(SCc3nnc(-c4ccco4)o3)n[nH]2)cc1. The zero-order valence-electron chi connectivity index (χ0n) is 11.8. The fourth-order valence-corrected chi connectivity index (χ4v) is 2.61. The molecule has 3 aromatic heterocycles. The van der Waals surface area contributed by atoms with E-state index in [1.807, 2.05) is 30.3 Å². The number of aromatic nitrogens is 5. The molecule has 1 N–H and O–H groups in total. The summed E-state index contributed by atoms with van der Waals surface area (Å²) in [5.74, 6) is 2.63. The maximum Gasteiger partial charge on any atom is 0.283 e. The molecule has 7 nitrogen and oxygen atoms in total. The molecular formula is C15H11N5O2S. The van der Waals surface area contributed by atoms with Crippen LogP contribution in [0.25, 0.3) is 23.0 Å². The van der Waals surface area contributed by atoms with Crippen molar-refractivity contribution in [3.8, 4) is 23.0 Å². The predicted molar refractivity (Wildman–Crippen MR) is 83.4 cm³/mol. The van der Waals surface area contributed by atoms with Gasteiger partial charge in [-0.3, -0.25) is 5.10 Å². The van der Waals surface area contributed by atoms with Gasteiger partial charge >= 0.3 is 0 Å². The standard InChI is InChI=1S/C15H11N5O2S/c1-2-5-10(6-3-1)13-16-15(20-18-13)23-9-12-17-19-14(22-12)11-7-4-8-21-11/h1-8H,9H2,(H,16,18,20). The Labute approximate surface area is 135 Å². The number of thioether (sulfide) groups is 1. The van der Waals surface area contributed by atoms with Gasteiger partial charge in [-0.1, -0.05) is 42.1 Å². The van der Waals surface area contributed by atoms with Crippen LogP contribution in [0.15, 0.2) is 62.7 Å². The summed E-state index contributed by atoms with van der Waals surface area (Å²) in [6.07, 6.45) is 1.56. The Morgan fingerprint density at radius 3 is 2.78 bits per heavy atom. The normalized spacial score (nSPS) is 11.0. The van der Waals surface area contributed by atoms with Crippen molar-refractivity contribution < 1.29 is 8.83 Å². The van der Waals surface area contributed by atoms with Crippen molar-refractivity contribution in [1.82, 2.24) is 25.4 Å². The number of H-pyrrole nitrogens is 1. The number of hydrogen-bond acceptors (Lipinski definition) is 7. The van der Waals surface area contributed by atoms with Gasteiger partial charge in [0.05, 0.1) is 12.0 Å². The van der Waals surface area contributed by atoms with E-state index in [9.17, 15) is 0 Å². The van der Waals surface area contributed by atoms with Crippen LogP contribution in [-0.2, 0) is 5.75 Å². The average Bonchev–Trinajstić information content (AvgIpc) is 3.33. The second-order valence-electron chi connectivity index (χ2n) is 4.60. The van der Waals surface area contributed by atoms with Crippen molar-refractivity contribution in [2.75, 3.05) is 0 Å². The number of hydrogen-bond donors (Lipinski definition) is 1. The van der Waals surface area contributed by atoms with Crippen molar-refractivity contribution in [1.29, 1.82) is 0 Å². The quantitative estimate of drug-likeness (QED) is 0.562. The Kier molecular flexibility index (Phi) is 3.65. The first kappa shape index (κ1) is 13.8. The van der Waals surface area contributed by atoms with E-state index in [0.29, 0.717) is 28.5 Å². The molecule has 0 atom stereocenters. The van der Waals surface area contributed by atoms with E-state index in [-0.39, 0.29) is 0 Å². The summed E-state index contributed by atoms with van der Waals surface area (Å²) in [4.78, 5) is 4.44. The average molecular weight is 325 g/mol. The lowest BCUT2D eigenvalue weighted by molar-refractivity contribution is 0.494. The van der Waals surface area contributed by atoms with Gasteiger partial charge in [-0.25, -0.2) is 4.98 Å². The van der Waals surface area contributed by atoms with Gasteiger partial charge in [0.1, 0.15) is 0 Å². The van der Waals surface area contributed by atoms with Gasteiger partial charge in [0.15, 0.2) is 11.6 Å². The number of aromatic amines is 1. The van der Waals surface area contributed by atoms with Crippen molar-refractivity contribution in [2.24, 2.45) is 0 Å². The van der Waals surface area contributed by atoms with Crippen molar-refractivity contribution in [3.05, 3.63) is 54.6 Å². The highest BCUT2D eigenvalue weighted by atomic mass is 32.2. The molecule has 0 spiro atoms. The second kappa shape index (κ2) is 6.09. The molecule has 0 amide bonds. The van der Waals surface area contributed by atoms with Gasteiger partial charge in [0, 0.05) is 5.56 Å². The van der Waals surface area contributed by atoms with Crippen LogP contribution in [0.5, 0.6) is 0 Å². The molecule has 23 heavy (non-hydrogen) atoms. The fourth-order valence-electron chi connectivity index (χ4n) is 1.97. The maximum absolute atomic E-state index is 5.54. The molecule has 0 aliphatic carbocycles. The van der Waals surface area contributed by atoms with E-state index in [1.165, 1.54) is 11.8 Å². The summed E-state index contributed by atoms with van der Waals surface area (Å²) in [5.41, 5.74) is 0.991. The summed E-state index contributed by atoms with van der Waals surface area (Å²) in [6.45, 7) is 0. The zero-order chi connectivity index (χ0) is 15.5. The van der Waals surface area contributed by atoms with Crippen LogP contribution < -0.4 is 0 Å². The molecular weight excluding hydrogens is 314 g/mol. The molecule has 0 radical (unpaired) electrons. The van der Waals surface area contributed by atoms with E-state index >= 15 is 0 Å². The lowest BCUT2D eigenvalue weighted by atomic mass is 10.2. The first-order valence-corrected chi connectivity index (χ1v) is 7.84. The highest BCUT2D eigenvalue weighted by Gasteiger charge is 2.12. The first-order chi connectivity index (χ1) is 11.4. The Bertz CT molecular complexity index is 886. The van der Waals surface area contributed by atoms with Crippen LogP contribution in [0.4, 0.5) is 0 Å². The number of furan rings is 1. The van der Waals surface area contributed by atoms with E-state index in [0.717, 1.165) is 11.4 Å². The molecule has 0 fully saturated rings. The molecule has 4 aromatic rings. The third-order valence-corrected chi connectivity index (χ3v) is 3.87. The van der Waals surface area contributed by atoms with E-state index < -0.39 is 0 Å². The first-order valence-electron chi connectivity index (χ1n) is 6.85. The van der Waals surface area contributed by atoms with Gasteiger partial charge in [-0.05, 0) is 12.1 Å². The highest BCUT2D eigenvalue weighted by molar-refractivity contribution is 7.98. The number of benzene rings is 1. The smallest absolute Gasteiger partial charge is 0.283 e. The van der Waals surface area contributed by atoms with Crippen molar-refractivity contribution in [2.45, 2.75) is 10.9 Å². The van der Waals surface area contributed by atoms with Crippen LogP contribution in [0.3, 0.4) is 0 Å². The van der Waals surface area contributed by atoms with Gasteiger partial charge in [0.25, 0.3) is 5.89 Å². The topological polar surface area (TPSA) is 93.6 Å². The third kappa shape index (κ3) is 3.02. The Morgan fingerprint density at radius 2 is 1.96 bits per heavy atom. The molecule has 114 valence electrons. The molecule has 0 bridgehead atoms. The van der Waals surface area contributed by atoms with E-state index in [4.69, 9.17) is 8.83 Å². The van der Waals surface area contributed by atoms with Gasteiger partial charge in [0.2, 0.25) is 11.0 Å². The Hall–Kier alpha value is -2.87. The Balaban J connectivity index is 1.43. The monoisotopic (exact) mass is 325 g/mol. The molecule has 0 unspecified atom stereocenters. The molecule has 0 aliphatic rings. The van der Waals surface area contributed by atoms with Crippen LogP contribution >= 0.6 is 11.8 Å². The fraction of sp³-hybridized carbons (Fsp3) is 0.0667. The van der Waals surface area contributed by atoms with Gasteiger partial charge in [-0.2, -0.15) is 0 Å². The third-order valence-electron chi connectivity index (χ3n) is 3.04. The Morgan fingerprint density at radius 1 is 1.04 bits per heavy atom. The summed E-state index contributed by atoms with van der Waals surface area (Å²) in [5, 5.41) is 15.7. The minimum atomic E-state index is 0.366. The molecule has 1 aromatic carbocycles. The number of nitrogens with zero attached hydrogens (tertiary/aromatic N) is 4. The van der Waals surface area contributed by atoms with Crippen LogP contribution in [-0.4, -0.2) is 25.4 Å². The van der Waals surface area contributed by atoms with Gasteiger partial charge < -0.3 is 8.83 Å². The van der Waals surface area contributed by atoms with Gasteiger partial charge in [-0.15, -0.1) is 15.3 Å². The van der Waals surface area contributed by atoms with Crippen molar-refractivity contribution >= 4 is 11.8 Å². The zero-order valence-corrected chi connectivity index (χ0v) is 12.7. The molecule has 0 saturated heterocycles. The van der Waals surface area contributed by atoms with E-state index in [1.54, 1.807) is 18.4 Å². The molecule has 0 aliphatic heterocycles. The van der Waals surface area contributed by atoms with Crippen LogP contribution in [0, 0.1) is 0 Å². The highest BCUT2D eigenvalue weighted by Crippen LogP contribution is 2.24. The molecule has 3 heterocycles. The summed E-state index contributed by atoms with van der Waals surface area (Å²) >= 11 is 1.42. The summed E-state index contributed by atoms with van der Waals surface area (Å²) in [7, 11) is 0. The predicted octanol–water partition coefficient (Wildman–Crippen LogP) is 3.41. The summed E-state index contributed by atoms with van der Waals surface area (Å²) < 4.78 is 10.8. The van der Waals surface area contributed by atoms with Crippen LogP contribution in [0.2, 0.25) is 0 Å². The maximum atomic E-state index is 5.54. The molecule has 0 saturated carbocycles. The van der Waals surface area contributed by atoms with Crippen molar-refractivity contribution in [3.63, 3.8) is 0 Å². The lowest BCUT2D eigenvalue weighted by Gasteiger charge is -1.93. The minimum absolute atomic E-state index is 0.366. The van der Waals surface area contributed by atoms with Crippen LogP contribution in [0.1, 0.15) is 5.89 Å².